The van der Waals surface area contributed by atoms with E-state index in [0.717, 1.165) is 6.42 Å². The Bertz CT molecular complexity index is 167. The van der Waals surface area contributed by atoms with E-state index in [2.05, 4.69) is 0 Å². The van der Waals surface area contributed by atoms with Crippen LogP contribution in [0, 0.1) is 0 Å². The summed E-state index contributed by atoms with van der Waals surface area (Å²) in [5.41, 5.74) is 0. The van der Waals surface area contributed by atoms with Gasteiger partial charge in [0.05, 0.1) is 13.0 Å². The summed E-state index contributed by atoms with van der Waals surface area (Å²) in [6, 6.07) is 0.348. The zero-order valence-electron chi connectivity index (χ0n) is 9.23. The zero-order valence-corrected chi connectivity index (χ0v) is 9.23. The van der Waals surface area contributed by atoms with Crippen molar-refractivity contribution in [1.29, 1.82) is 0 Å². The van der Waals surface area contributed by atoms with Gasteiger partial charge in [0, 0.05) is 18.6 Å². The smallest absolute Gasteiger partial charge is 0.304 e. The fourth-order valence-corrected chi connectivity index (χ4v) is 1.56. The van der Waals surface area contributed by atoms with Crippen LogP contribution in [0.25, 0.3) is 0 Å². The molecule has 0 saturated heterocycles. The van der Waals surface area contributed by atoms with Crippen LogP contribution in [0.5, 0.6) is 0 Å². The van der Waals surface area contributed by atoms with Crippen LogP contribution >= 0.6 is 0 Å². The summed E-state index contributed by atoms with van der Waals surface area (Å²) in [7, 11) is 0. The molecular weight excluding hydrogens is 182 g/mol. The highest BCUT2D eigenvalue weighted by Gasteiger charge is 2.19. The Hall–Kier alpha value is -0.610. The number of aliphatic hydroxyl groups is 1. The Morgan fingerprint density at radius 1 is 1.43 bits per heavy atom. The molecule has 0 aromatic heterocycles. The van der Waals surface area contributed by atoms with Crippen LogP contribution in [-0.4, -0.2) is 46.3 Å². The number of carboxylic acid groups (broad SMARTS) is 1. The second-order valence-electron chi connectivity index (χ2n) is 3.72. The van der Waals surface area contributed by atoms with E-state index in [9.17, 15) is 4.79 Å². The molecule has 0 rings (SSSR count). The van der Waals surface area contributed by atoms with Gasteiger partial charge in [-0.05, 0) is 20.3 Å². The van der Waals surface area contributed by atoms with Crippen LogP contribution in [0.4, 0.5) is 0 Å². The molecule has 1 atom stereocenters. The Balaban J connectivity index is 4.19. The van der Waals surface area contributed by atoms with E-state index in [1.54, 1.807) is 0 Å². The number of nitrogens with zero attached hydrogens (tertiary/aromatic N) is 1. The second-order valence-corrected chi connectivity index (χ2v) is 3.72. The first-order chi connectivity index (χ1) is 6.52. The largest absolute Gasteiger partial charge is 0.481 e. The van der Waals surface area contributed by atoms with Crippen molar-refractivity contribution in [2.75, 3.05) is 13.2 Å². The van der Waals surface area contributed by atoms with E-state index in [-0.39, 0.29) is 25.1 Å². The monoisotopic (exact) mass is 203 g/mol. The molecule has 1 unspecified atom stereocenters. The SMILES string of the molecule is CCC(CO)N(CCC(=O)O)C(C)C. The van der Waals surface area contributed by atoms with E-state index in [1.807, 2.05) is 25.7 Å². The third kappa shape index (κ3) is 4.58. The summed E-state index contributed by atoms with van der Waals surface area (Å²) in [6.07, 6.45) is 0.975. The summed E-state index contributed by atoms with van der Waals surface area (Å²) in [6.45, 7) is 6.62. The molecule has 0 radical (unpaired) electrons. The molecule has 0 spiro atoms. The van der Waals surface area contributed by atoms with E-state index in [4.69, 9.17) is 10.2 Å². The number of aliphatic hydroxyl groups excluding tert-OH is 1. The second kappa shape index (κ2) is 6.79. The van der Waals surface area contributed by atoms with E-state index >= 15 is 0 Å². The average Bonchev–Trinajstić information content (AvgIpc) is 2.11. The predicted molar refractivity (Wildman–Crippen MR) is 55.3 cm³/mol. The van der Waals surface area contributed by atoms with Gasteiger partial charge in [0.15, 0.2) is 0 Å². The molecule has 0 bridgehead atoms. The molecule has 0 amide bonds. The van der Waals surface area contributed by atoms with Crippen molar-refractivity contribution in [2.45, 2.75) is 45.7 Å². The van der Waals surface area contributed by atoms with Gasteiger partial charge in [-0.25, -0.2) is 0 Å². The van der Waals surface area contributed by atoms with Crippen molar-refractivity contribution >= 4 is 5.97 Å². The van der Waals surface area contributed by atoms with Gasteiger partial charge in [0.1, 0.15) is 0 Å². The van der Waals surface area contributed by atoms with Crippen LogP contribution < -0.4 is 0 Å². The van der Waals surface area contributed by atoms with Gasteiger partial charge in [-0.3, -0.25) is 9.69 Å². The lowest BCUT2D eigenvalue weighted by molar-refractivity contribution is -0.137. The summed E-state index contributed by atoms with van der Waals surface area (Å²) in [5.74, 6) is -0.788. The van der Waals surface area contributed by atoms with Gasteiger partial charge in [-0.2, -0.15) is 0 Å². The number of carboxylic acids is 1. The minimum absolute atomic E-state index is 0.0781. The van der Waals surface area contributed by atoms with Crippen LogP contribution in [-0.2, 0) is 4.79 Å². The highest BCUT2D eigenvalue weighted by molar-refractivity contribution is 5.66. The molecule has 0 aliphatic carbocycles. The van der Waals surface area contributed by atoms with E-state index in [0.29, 0.717) is 6.54 Å². The molecule has 0 aromatic carbocycles. The first-order valence-corrected chi connectivity index (χ1v) is 5.11. The Morgan fingerprint density at radius 2 is 2.00 bits per heavy atom. The first kappa shape index (κ1) is 13.4. The molecule has 0 saturated carbocycles. The fraction of sp³-hybridized carbons (Fsp3) is 0.900. The lowest BCUT2D eigenvalue weighted by atomic mass is 10.1. The molecule has 0 aliphatic rings. The van der Waals surface area contributed by atoms with Gasteiger partial charge in [0.2, 0.25) is 0 Å². The van der Waals surface area contributed by atoms with Gasteiger partial charge in [-0.15, -0.1) is 0 Å². The van der Waals surface area contributed by atoms with Crippen molar-refractivity contribution in [2.24, 2.45) is 0 Å². The highest BCUT2D eigenvalue weighted by atomic mass is 16.4. The van der Waals surface area contributed by atoms with Crippen molar-refractivity contribution in [3.8, 4) is 0 Å². The van der Waals surface area contributed by atoms with Crippen molar-refractivity contribution in [3.63, 3.8) is 0 Å². The van der Waals surface area contributed by atoms with Crippen LogP contribution in [0.2, 0.25) is 0 Å². The van der Waals surface area contributed by atoms with E-state index in [1.165, 1.54) is 0 Å². The zero-order chi connectivity index (χ0) is 11.1. The number of hydrogen-bond donors (Lipinski definition) is 2. The summed E-state index contributed by atoms with van der Waals surface area (Å²) in [4.78, 5) is 12.5. The quantitative estimate of drug-likeness (QED) is 0.646. The third-order valence-corrected chi connectivity index (χ3v) is 2.40. The van der Waals surface area contributed by atoms with Crippen LogP contribution in [0.1, 0.15) is 33.6 Å². The number of aliphatic carboxylic acids is 1. The lowest BCUT2D eigenvalue weighted by Crippen LogP contribution is -2.43. The summed E-state index contributed by atoms with van der Waals surface area (Å²) < 4.78 is 0. The van der Waals surface area contributed by atoms with Gasteiger partial charge in [-0.1, -0.05) is 6.92 Å². The normalized spacial score (nSPS) is 13.6. The minimum Gasteiger partial charge on any atom is -0.481 e. The Kier molecular flexibility index (Phi) is 6.49. The van der Waals surface area contributed by atoms with Gasteiger partial charge in [0.25, 0.3) is 0 Å². The molecular formula is C10H21NO3. The Labute approximate surface area is 85.5 Å². The molecule has 0 aromatic rings. The summed E-state index contributed by atoms with van der Waals surface area (Å²) >= 11 is 0. The average molecular weight is 203 g/mol. The number of rotatable bonds is 7. The topological polar surface area (TPSA) is 60.8 Å². The molecule has 84 valence electrons. The third-order valence-electron chi connectivity index (χ3n) is 2.40. The van der Waals surface area contributed by atoms with Crippen molar-refractivity contribution < 1.29 is 15.0 Å². The molecule has 0 fully saturated rings. The maximum Gasteiger partial charge on any atom is 0.304 e. The highest BCUT2D eigenvalue weighted by Crippen LogP contribution is 2.09. The fourth-order valence-electron chi connectivity index (χ4n) is 1.56. The summed E-state index contributed by atoms with van der Waals surface area (Å²) in [5, 5.41) is 17.7. The molecule has 4 heteroatoms. The molecule has 0 heterocycles. The van der Waals surface area contributed by atoms with Crippen molar-refractivity contribution in [1.82, 2.24) is 4.90 Å². The van der Waals surface area contributed by atoms with Crippen LogP contribution in [0.15, 0.2) is 0 Å². The predicted octanol–water partition coefficient (Wildman–Crippen LogP) is 0.942. The molecule has 0 aliphatic heterocycles. The molecule has 14 heavy (non-hydrogen) atoms. The maximum atomic E-state index is 10.4. The standard InChI is InChI=1S/C10H21NO3/c1-4-9(7-12)11(8(2)3)6-5-10(13)14/h8-9,12H,4-7H2,1-3H3,(H,13,14). The maximum absolute atomic E-state index is 10.4. The minimum atomic E-state index is -0.788. The Morgan fingerprint density at radius 3 is 2.29 bits per heavy atom. The number of hydrogen-bond acceptors (Lipinski definition) is 3. The molecule has 2 N–H and O–H groups in total. The number of carbonyl (C=O) groups is 1. The lowest BCUT2D eigenvalue weighted by Gasteiger charge is -2.32. The van der Waals surface area contributed by atoms with Gasteiger partial charge < -0.3 is 10.2 Å². The molecule has 4 nitrogen and oxygen atoms in total. The van der Waals surface area contributed by atoms with Crippen molar-refractivity contribution in [3.05, 3.63) is 0 Å². The van der Waals surface area contributed by atoms with Gasteiger partial charge >= 0.3 is 5.97 Å². The first-order valence-electron chi connectivity index (χ1n) is 5.11. The van der Waals surface area contributed by atoms with E-state index < -0.39 is 5.97 Å². The van der Waals surface area contributed by atoms with Crippen LogP contribution in [0.3, 0.4) is 0 Å².